The lowest BCUT2D eigenvalue weighted by atomic mass is 9.97. The molecule has 1 amide bonds. The standard InChI is InChI=1S/C30H27NO7/c1-17(2)15-35-22-11-9-19(13-24(22)34-3)27-26-28(32)20-6-4-5-7-21(20)38-29(26)30(33)31(27)14-18-8-10-23-25(12-18)37-16-36-23/h4-13,17,27H,14-16H2,1-3H3/t27-/m1/s1. The van der Waals surface area contributed by atoms with Crippen LogP contribution < -0.4 is 24.4 Å². The predicted molar refractivity (Wildman–Crippen MR) is 140 cm³/mol. The minimum Gasteiger partial charge on any atom is -0.493 e. The lowest BCUT2D eigenvalue weighted by Gasteiger charge is -2.26. The third kappa shape index (κ3) is 4.02. The van der Waals surface area contributed by atoms with E-state index >= 15 is 0 Å². The Hall–Kier alpha value is -4.46. The van der Waals surface area contributed by atoms with E-state index in [9.17, 15) is 9.59 Å². The number of hydrogen-bond acceptors (Lipinski definition) is 7. The van der Waals surface area contributed by atoms with Crippen LogP contribution in [-0.2, 0) is 6.54 Å². The minimum absolute atomic E-state index is 0.0542. The number of carbonyl (C=O) groups is 1. The van der Waals surface area contributed by atoms with Crippen molar-refractivity contribution in [1.29, 1.82) is 0 Å². The van der Waals surface area contributed by atoms with E-state index in [-0.39, 0.29) is 30.4 Å². The van der Waals surface area contributed by atoms with Crippen LogP contribution >= 0.6 is 0 Å². The molecular formula is C30H27NO7. The Morgan fingerprint density at radius 3 is 2.61 bits per heavy atom. The summed E-state index contributed by atoms with van der Waals surface area (Å²) in [4.78, 5) is 29.2. The van der Waals surface area contributed by atoms with Crippen LogP contribution in [0.3, 0.4) is 0 Å². The maximum Gasteiger partial charge on any atom is 0.291 e. The molecule has 0 saturated heterocycles. The summed E-state index contributed by atoms with van der Waals surface area (Å²) in [5.74, 6) is 2.44. The van der Waals surface area contributed by atoms with Crippen LogP contribution in [0.5, 0.6) is 23.0 Å². The molecule has 8 nitrogen and oxygen atoms in total. The zero-order valence-corrected chi connectivity index (χ0v) is 21.4. The molecule has 0 radical (unpaired) electrons. The SMILES string of the molecule is COc1cc([C@@H]2c3c(oc4ccccc4c3=O)C(=O)N2Cc2ccc3c(c2)OCO3)ccc1OCC(C)C. The highest BCUT2D eigenvalue weighted by Crippen LogP contribution is 2.42. The molecule has 0 saturated carbocycles. The molecule has 0 spiro atoms. The summed E-state index contributed by atoms with van der Waals surface area (Å²) >= 11 is 0. The topological polar surface area (TPSA) is 87.4 Å². The minimum atomic E-state index is -0.683. The zero-order chi connectivity index (χ0) is 26.4. The second-order valence-corrected chi connectivity index (χ2v) is 9.81. The number of nitrogens with zero attached hydrogens (tertiary/aromatic N) is 1. The van der Waals surface area contributed by atoms with Gasteiger partial charge in [-0.3, -0.25) is 9.59 Å². The van der Waals surface area contributed by atoms with Gasteiger partial charge in [0, 0.05) is 6.54 Å². The summed E-state index contributed by atoms with van der Waals surface area (Å²) in [6.07, 6.45) is 0. The average Bonchev–Trinajstić information content (AvgIpc) is 3.50. The molecule has 1 aromatic heterocycles. The van der Waals surface area contributed by atoms with Crippen molar-refractivity contribution in [3.05, 3.63) is 93.3 Å². The van der Waals surface area contributed by atoms with E-state index < -0.39 is 6.04 Å². The van der Waals surface area contributed by atoms with Crippen LogP contribution in [0.2, 0.25) is 0 Å². The molecule has 2 aliphatic heterocycles. The number of fused-ring (bicyclic) bond motifs is 3. The molecule has 194 valence electrons. The lowest BCUT2D eigenvalue weighted by Crippen LogP contribution is -2.29. The van der Waals surface area contributed by atoms with E-state index in [1.807, 2.05) is 36.4 Å². The Morgan fingerprint density at radius 1 is 0.974 bits per heavy atom. The summed E-state index contributed by atoms with van der Waals surface area (Å²) < 4.78 is 28.6. The smallest absolute Gasteiger partial charge is 0.291 e. The number of rotatable bonds is 7. The summed E-state index contributed by atoms with van der Waals surface area (Å²) in [5.41, 5.74) is 2.01. The fraction of sp³-hybridized carbons (Fsp3) is 0.267. The molecule has 0 unspecified atom stereocenters. The van der Waals surface area contributed by atoms with Gasteiger partial charge in [-0.1, -0.05) is 38.1 Å². The number of hydrogen-bond donors (Lipinski definition) is 0. The van der Waals surface area contributed by atoms with Gasteiger partial charge in [0.05, 0.1) is 30.7 Å². The number of methoxy groups -OCH3 is 1. The first-order chi connectivity index (χ1) is 18.4. The largest absolute Gasteiger partial charge is 0.493 e. The number of ether oxygens (including phenoxy) is 4. The fourth-order valence-corrected chi connectivity index (χ4v) is 4.94. The van der Waals surface area contributed by atoms with Gasteiger partial charge in [-0.25, -0.2) is 0 Å². The molecule has 0 bridgehead atoms. The van der Waals surface area contributed by atoms with Gasteiger partial charge in [-0.2, -0.15) is 0 Å². The first-order valence-electron chi connectivity index (χ1n) is 12.5. The van der Waals surface area contributed by atoms with Crippen molar-refractivity contribution in [1.82, 2.24) is 4.90 Å². The van der Waals surface area contributed by atoms with Gasteiger partial charge in [0.15, 0.2) is 28.4 Å². The van der Waals surface area contributed by atoms with Crippen molar-refractivity contribution in [2.75, 3.05) is 20.5 Å². The van der Waals surface area contributed by atoms with Crippen molar-refractivity contribution in [3.63, 3.8) is 0 Å². The van der Waals surface area contributed by atoms with Crippen LogP contribution in [0, 0.1) is 5.92 Å². The molecule has 0 fully saturated rings. The normalized spacial score (nSPS) is 15.8. The first-order valence-corrected chi connectivity index (χ1v) is 12.5. The van der Waals surface area contributed by atoms with Crippen LogP contribution in [0.1, 0.15) is 47.1 Å². The van der Waals surface area contributed by atoms with Gasteiger partial charge in [-0.15, -0.1) is 0 Å². The van der Waals surface area contributed by atoms with Crippen LogP contribution in [0.4, 0.5) is 0 Å². The van der Waals surface area contributed by atoms with Crippen molar-refractivity contribution >= 4 is 16.9 Å². The molecule has 4 aromatic rings. The quantitative estimate of drug-likeness (QED) is 0.331. The summed E-state index contributed by atoms with van der Waals surface area (Å²) in [6, 6.07) is 17.4. The summed E-state index contributed by atoms with van der Waals surface area (Å²) in [5, 5.41) is 0.429. The van der Waals surface area contributed by atoms with E-state index in [0.29, 0.717) is 57.6 Å². The van der Waals surface area contributed by atoms with E-state index in [1.165, 1.54) is 0 Å². The van der Waals surface area contributed by atoms with Crippen molar-refractivity contribution < 1.29 is 28.2 Å². The maximum atomic E-state index is 13.8. The van der Waals surface area contributed by atoms with Gasteiger partial charge < -0.3 is 28.3 Å². The molecule has 3 heterocycles. The van der Waals surface area contributed by atoms with Crippen LogP contribution in [0.25, 0.3) is 11.0 Å². The third-order valence-electron chi connectivity index (χ3n) is 6.74. The van der Waals surface area contributed by atoms with E-state index in [4.69, 9.17) is 23.4 Å². The molecule has 3 aromatic carbocycles. The second-order valence-electron chi connectivity index (χ2n) is 9.81. The number of benzene rings is 3. The number of amides is 1. The third-order valence-corrected chi connectivity index (χ3v) is 6.74. The number of carbonyl (C=O) groups excluding carboxylic acids is 1. The molecular weight excluding hydrogens is 486 g/mol. The Kier molecular flexibility index (Phi) is 5.94. The highest BCUT2D eigenvalue weighted by atomic mass is 16.7. The molecule has 8 heteroatoms. The van der Waals surface area contributed by atoms with E-state index in [1.54, 1.807) is 36.3 Å². The molecule has 6 rings (SSSR count). The van der Waals surface area contributed by atoms with E-state index in [0.717, 1.165) is 5.56 Å². The van der Waals surface area contributed by atoms with Gasteiger partial charge in [-0.05, 0) is 53.4 Å². The highest BCUT2D eigenvalue weighted by molar-refractivity contribution is 5.99. The van der Waals surface area contributed by atoms with Gasteiger partial charge in [0.2, 0.25) is 12.6 Å². The maximum absolute atomic E-state index is 13.8. The van der Waals surface area contributed by atoms with Gasteiger partial charge >= 0.3 is 0 Å². The molecule has 1 atom stereocenters. The lowest BCUT2D eigenvalue weighted by molar-refractivity contribution is 0.0714. The molecule has 38 heavy (non-hydrogen) atoms. The van der Waals surface area contributed by atoms with Crippen LogP contribution in [0.15, 0.2) is 69.9 Å². The summed E-state index contributed by atoms with van der Waals surface area (Å²) in [6.45, 7) is 5.06. The van der Waals surface area contributed by atoms with Crippen molar-refractivity contribution in [3.8, 4) is 23.0 Å². The first kappa shape index (κ1) is 23.9. The molecule has 0 N–H and O–H groups in total. The van der Waals surface area contributed by atoms with Gasteiger partial charge in [0.1, 0.15) is 5.58 Å². The zero-order valence-electron chi connectivity index (χ0n) is 21.4. The van der Waals surface area contributed by atoms with Crippen LogP contribution in [-0.4, -0.2) is 31.3 Å². The van der Waals surface area contributed by atoms with Crippen molar-refractivity contribution in [2.24, 2.45) is 5.92 Å². The fourth-order valence-electron chi connectivity index (χ4n) is 4.94. The number of para-hydroxylation sites is 1. The Labute approximate surface area is 219 Å². The molecule has 0 aliphatic carbocycles. The Balaban J connectivity index is 1.48. The van der Waals surface area contributed by atoms with E-state index in [2.05, 4.69) is 13.8 Å². The predicted octanol–water partition coefficient (Wildman–Crippen LogP) is 5.31. The Bertz CT molecular complexity index is 1610. The van der Waals surface area contributed by atoms with Gasteiger partial charge in [0.25, 0.3) is 5.91 Å². The second kappa shape index (κ2) is 9.45. The molecule has 2 aliphatic rings. The Morgan fingerprint density at radius 2 is 1.79 bits per heavy atom. The average molecular weight is 514 g/mol. The van der Waals surface area contributed by atoms with Crippen molar-refractivity contribution in [2.45, 2.75) is 26.4 Å². The highest BCUT2D eigenvalue weighted by Gasteiger charge is 2.43. The summed E-state index contributed by atoms with van der Waals surface area (Å²) in [7, 11) is 1.57. The monoisotopic (exact) mass is 513 g/mol.